The second kappa shape index (κ2) is 9.57. The van der Waals surface area contributed by atoms with Crippen LogP contribution in [-0.2, 0) is 20.7 Å². The molecule has 0 amide bonds. The number of rotatable bonds is 7. The molecule has 2 aromatic carbocycles. The van der Waals surface area contributed by atoms with E-state index in [9.17, 15) is 14.4 Å². The topological polar surface area (TPSA) is 101 Å². The van der Waals surface area contributed by atoms with Gasteiger partial charge in [0.15, 0.2) is 0 Å². The standard InChI is InChI=1S/C24H26N2O5/c1-15-6-8-17(9-7-15)24(29)26-16(2)19(14-23(28)31-22(27)5-4-12-25)20-13-18(30-3)10-11-21(20)26/h6-11,13H,4-5,12,14,25H2,1-3H3. The van der Waals surface area contributed by atoms with Crippen molar-refractivity contribution in [1.29, 1.82) is 0 Å². The van der Waals surface area contributed by atoms with E-state index in [1.807, 2.05) is 19.1 Å². The number of methoxy groups -OCH3 is 1. The van der Waals surface area contributed by atoms with Crippen LogP contribution in [0.15, 0.2) is 42.5 Å². The normalized spacial score (nSPS) is 10.8. The predicted octanol–water partition coefficient (Wildman–Crippen LogP) is 3.31. The Bertz CT molecular complexity index is 1130. The van der Waals surface area contributed by atoms with Crippen molar-refractivity contribution in [2.75, 3.05) is 13.7 Å². The number of nitrogens with zero attached hydrogens (tertiary/aromatic N) is 1. The molecular weight excluding hydrogens is 396 g/mol. The molecule has 1 heterocycles. The lowest BCUT2D eigenvalue weighted by Gasteiger charge is -2.08. The van der Waals surface area contributed by atoms with Gasteiger partial charge in [0.1, 0.15) is 5.75 Å². The Morgan fingerprint density at radius 2 is 1.71 bits per heavy atom. The van der Waals surface area contributed by atoms with E-state index < -0.39 is 11.9 Å². The highest BCUT2D eigenvalue weighted by Gasteiger charge is 2.23. The first-order chi connectivity index (χ1) is 14.8. The maximum atomic E-state index is 13.3. The minimum atomic E-state index is -0.672. The molecule has 3 rings (SSSR count). The van der Waals surface area contributed by atoms with Gasteiger partial charge in [-0.2, -0.15) is 0 Å². The smallest absolute Gasteiger partial charge is 0.317 e. The van der Waals surface area contributed by atoms with Crippen LogP contribution in [0, 0.1) is 13.8 Å². The molecule has 0 saturated carbocycles. The van der Waals surface area contributed by atoms with E-state index in [0.717, 1.165) is 5.56 Å². The van der Waals surface area contributed by atoms with Crippen LogP contribution in [0.4, 0.5) is 0 Å². The number of carbonyl (C=O) groups excluding carboxylic acids is 3. The molecule has 0 spiro atoms. The molecule has 0 saturated heterocycles. The second-order valence-corrected chi connectivity index (χ2v) is 7.37. The lowest BCUT2D eigenvalue weighted by Crippen LogP contribution is -2.17. The molecule has 0 aliphatic carbocycles. The number of esters is 2. The molecule has 162 valence electrons. The summed E-state index contributed by atoms with van der Waals surface area (Å²) < 4.78 is 11.8. The minimum Gasteiger partial charge on any atom is -0.497 e. The molecule has 7 nitrogen and oxygen atoms in total. The van der Waals surface area contributed by atoms with Gasteiger partial charge in [0.25, 0.3) is 5.91 Å². The van der Waals surface area contributed by atoms with Crippen molar-refractivity contribution < 1.29 is 23.9 Å². The van der Waals surface area contributed by atoms with E-state index in [1.165, 1.54) is 0 Å². The maximum absolute atomic E-state index is 13.3. The number of hydrogen-bond donors (Lipinski definition) is 1. The molecule has 0 radical (unpaired) electrons. The van der Waals surface area contributed by atoms with Gasteiger partial charge in [0.05, 0.1) is 19.0 Å². The van der Waals surface area contributed by atoms with Gasteiger partial charge in [-0.15, -0.1) is 0 Å². The van der Waals surface area contributed by atoms with Crippen molar-refractivity contribution >= 4 is 28.7 Å². The summed E-state index contributed by atoms with van der Waals surface area (Å²) in [5.41, 5.74) is 8.86. The number of ether oxygens (including phenoxy) is 2. The van der Waals surface area contributed by atoms with Gasteiger partial charge in [-0.1, -0.05) is 17.7 Å². The van der Waals surface area contributed by atoms with Gasteiger partial charge in [0.2, 0.25) is 0 Å². The molecule has 7 heteroatoms. The van der Waals surface area contributed by atoms with E-state index in [2.05, 4.69) is 0 Å². The third-order valence-electron chi connectivity index (χ3n) is 5.18. The van der Waals surface area contributed by atoms with Crippen molar-refractivity contribution in [3.8, 4) is 5.75 Å². The van der Waals surface area contributed by atoms with Crippen LogP contribution in [0.5, 0.6) is 5.75 Å². The van der Waals surface area contributed by atoms with Crippen LogP contribution >= 0.6 is 0 Å². The minimum absolute atomic E-state index is 0.0860. The summed E-state index contributed by atoms with van der Waals surface area (Å²) in [7, 11) is 1.55. The SMILES string of the molecule is COc1ccc2c(c1)c(CC(=O)OC(=O)CCCN)c(C)n2C(=O)c1ccc(C)cc1. The molecule has 0 fully saturated rings. The number of nitrogens with two attached hydrogens (primary N) is 1. The Morgan fingerprint density at radius 1 is 1.00 bits per heavy atom. The first-order valence-electron chi connectivity index (χ1n) is 10.1. The number of carbonyl (C=O) groups is 3. The number of hydrogen-bond acceptors (Lipinski definition) is 6. The van der Waals surface area contributed by atoms with Gasteiger partial charge in [-0.25, -0.2) is 0 Å². The van der Waals surface area contributed by atoms with Crippen molar-refractivity contribution in [3.63, 3.8) is 0 Å². The van der Waals surface area contributed by atoms with Crippen molar-refractivity contribution in [2.24, 2.45) is 5.73 Å². The van der Waals surface area contributed by atoms with Gasteiger partial charge >= 0.3 is 11.9 Å². The third-order valence-corrected chi connectivity index (χ3v) is 5.18. The number of benzene rings is 2. The fraction of sp³-hybridized carbons (Fsp3) is 0.292. The Hall–Kier alpha value is -3.45. The summed E-state index contributed by atoms with van der Waals surface area (Å²) >= 11 is 0. The summed E-state index contributed by atoms with van der Waals surface area (Å²) in [5, 5.41) is 0.698. The molecule has 31 heavy (non-hydrogen) atoms. The van der Waals surface area contributed by atoms with Crippen LogP contribution < -0.4 is 10.5 Å². The van der Waals surface area contributed by atoms with Gasteiger partial charge in [0, 0.05) is 23.1 Å². The molecule has 3 aromatic rings. The van der Waals surface area contributed by atoms with Crippen LogP contribution in [-0.4, -0.2) is 36.1 Å². The Labute approximate surface area is 180 Å². The average molecular weight is 422 g/mol. The zero-order chi connectivity index (χ0) is 22.5. The average Bonchev–Trinajstić information content (AvgIpc) is 3.02. The molecule has 2 N–H and O–H groups in total. The van der Waals surface area contributed by atoms with Gasteiger partial charge in [-0.05, 0) is 62.7 Å². The first kappa shape index (κ1) is 22.2. The zero-order valence-electron chi connectivity index (χ0n) is 17.9. The van der Waals surface area contributed by atoms with Gasteiger partial charge < -0.3 is 15.2 Å². The van der Waals surface area contributed by atoms with Crippen molar-refractivity contribution in [2.45, 2.75) is 33.1 Å². The van der Waals surface area contributed by atoms with Gasteiger partial charge in [-0.3, -0.25) is 19.0 Å². The highest BCUT2D eigenvalue weighted by atomic mass is 16.6. The number of fused-ring (bicyclic) bond motifs is 1. The maximum Gasteiger partial charge on any atom is 0.317 e. The van der Waals surface area contributed by atoms with E-state index >= 15 is 0 Å². The predicted molar refractivity (Wildman–Crippen MR) is 117 cm³/mol. The van der Waals surface area contributed by atoms with E-state index in [-0.39, 0.29) is 18.7 Å². The lowest BCUT2D eigenvalue weighted by molar-refractivity contribution is -0.159. The quantitative estimate of drug-likeness (QED) is 0.463. The summed E-state index contributed by atoms with van der Waals surface area (Å²) in [6.45, 7) is 4.07. The molecule has 0 unspecified atom stereocenters. The van der Waals surface area contributed by atoms with E-state index in [0.29, 0.717) is 46.4 Å². The monoisotopic (exact) mass is 422 g/mol. The number of aryl methyl sites for hydroxylation is 1. The molecule has 0 atom stereocenters. The Morgan fingerprint density at radius 3 is 2.35 bits per heavy atom. The van der Waals surface area contributed by atoms with Crippen LogP contribution in [0.3, 0.4) is 0 Å². The fourth-order valence-corrected chi connectivity index (χ4v) is 3.50. The summed E-state index contributed by atoms with van der Waals surface area (Å²) in [6.07, 6.45) is 0.396. The largest absolute Gasteiger partial charge is 0.497 e. The Balaban J connectivity index is 2.01. The molecule has 0 aliphatic heterocycles. The van der Waals surface area contributed by atoms with E-state index in [4.69, 9.17) is 15.2 Å². The summed E-state index contributed by atoms with van der Waals surface area (Å²) in [5.74, 6) is -0.882. The lowest BCUT2D eigenvalue weighted by atomic mass is 10.1. The van der Waals surface area contributed by atoms with Crippen molar-refractivity contribution in [1.82, 2.24) is 4.57 Å². The van der Waals surface area contributed by atoms with E-state index in [1.54, 1.807) is 48.9 Å². The highest BCUT2D eigenvalue weighted by molar-refractivity contribution is 6.05. The third kappa shape index (κ3) is 4.83. The Kier molecular flexibility index (Phi) is 6.87. The highest BCUT2D eigenvalue weighted by Crippen LogP contribution is 2.31. The zero-order valence-corrected chi connectivity index (χ0v) is 17.9. The fourth-order valence-electron chi connectivity index (χ4n) is 3.50. The van der Waals surface area contributed by atoms with Crippen LogP contribution in [0.1, 0.15) is 40.0 Å². The summed E-state index contributed by atoms with van der Waals surface area (Å²) in [4.78, 5) is 37.5. The van der Waals surface area contributed by atoms with Crippen LogP contribution in [0.2, 0.25) is 0 Å². The van der Waals surface area contributed by atoms with Crippen molar-refractivity contribution in [3.05, 3.63) is 64.8 Å². The summed E-state index contributed by atoms with van der Waals surface area (Å²) in [6, 6.07) is 12.6. The molecular formula is C24H26N2O5. The molecule has 0 bridgehead atoms. The molecule has 1 aromatic heterocycles. The second-order valence-electron chi connectivity index (χ2n) is 7.37. The van der Waals surface area contributed by atoms with Crippen LogP contribution in [0.25, 0.3) is 10.9 Å². The number of aromatic nitrogens is 1. The molecule has 0 aliphatic rings. The first-order valence-corrected chi connectivity index (χ1v) is 10.1.